The molecule has 0 aromatic carbocycles. The molecule has 0 spiro atoms. The van der Waals surface area contributed by atoms with E-state index in [-0.39, 0.29) is 0 Å². The Labute approximate surface area is 76.4 Å². The van der Waals surface area contributed by atoms with Crippen molar-refractivity contribution < 1.29 is 4.79 Å². The minimum absolute atomic E-state index is 0.432. The lowest BCUT2D eigenvalue weighted by Crippen LogP contribution is -2.45. The zero-order chi connectivity index (χ0) is 9.90. The van der Waals surface area contributed by atoms with Crippen LogP contribution in [0.15, 0.2) is 18.6 Å². The fourth-order valence-electron chi connectivity index (χ4n) is 0.745. The van der Waals surface area contributed by atoms with E-state index in [1.54, 1.807) is 26.2 Å². The maximum Gasteiger partial charge on any atom is 0.242 e. The number of aromatic nitrogens is 2. The second kappa shape index (κ2) is 3.38. The van der Waals surface area contributed by atoms with E-state index < -0.39 is 11.4 Å². The summed E-state index contributed by atoms with van der Waals surface area (Å²) < 4.78 is 0. The molecule has 70 valence electrons. The van der Waals surface area contributed by atoms with Gasteiger partial charge in [-0.2, -0.15) is 0 Å². The molecule has 0 aliphatic heterocycles. The van der Waals surface area contributed by atoms with Crippen LogP contribution < -0.4 is 11.1 Å². The molecule has 5 heteroatoms. The molecule has 5 nitrogen and oxygen atoms in total. The third-order valence-electron chi connectivity index (χ3n) is 1.62. The Morgan fingerprint density at radius 2 is 2.23 bits per heavy atom. The third kappa shape index (κ3) is 2.40. The van der Waals surface area contributed by atoms with Crippen LogP contribution in [-0.2, 0) is 4.79 Å². The molecule has 3 N–H and O–H groups in total. The van der Waals surface area contributed by atoms with Gasteiger partial charge in [0.15, 0.2) is 0 Å². The lowest BCUT2D eigenvalue weighted by molar-refractivity contribution is -0.121. The van der Waals surface area contributed by atoms with E-state index in [1.165, 1.54) is 6.20 Å². The van der Waals surface area contributed by atoms with Gasteiger partial charge < -0.3 is 11.1 Å². The number of nitrogens with one attached hydrogen (secondary N) is 1. The van der Waals surface area contributed by atoms with Gasteiger partial charge in [0.05, 0.1) is 6.20 Å². The highest BCUT2D eigenvalue weighted by atomic mass is 16.1. The van der Waals surface area contributed by atoms with Crippen molar-refractivity contribution in [2.45, 2.75) is 19.4 Å². The van der Waals surface area contributed by atoms with Crippen molar-refractivity contribution in [1.82, 2.24) is 9.97 Å². The van der Waals surface area contributed by atoms with E-state index in [0.29, 0.717) is 5.82 Å². The summed E-state index contributed by atoms with van der Waals surface area (Å²) >= 11 is 0. The number of hydrogen-bond donors (Lipinski definition) is 2. The monoisotopic (exact) mass is 180 g/mol. The zero-order valence-corrected chi connectivity index (χ0v) is 7.61. The summed E-state index contributed by atoms with van der Waals surface area (Å²) in [6.45, 7) is 3.37. The van der Waals surface area contributed by atoms with Crippen LogP contribution in [0.1, 0.15) is 13.8 Å². The van der Waals surface area contributed by atoms with Crippen LogP contribution in [0.2, 0.25) is 0 Å². The first-order chi connectivity index (χ1) is 6.02. The molecular formula is C8H12N4O. The fraction of sp³-hybridized carbons (Fsp3) is 0.375. The molecule has 1 amide bonds. The van der Waals surface area contributed by atoms with Crippen molar-refractivity contribution in [2.24, 2.45) is 5.73 Å². The Hall–Kier alpha value is -1.65. The largest absolute Gasteiger partial charge is 0.368 e. The Morgan fingerprint density at radius 3 is 2.69 bits per heavy atom. The van der Waals surface area contributed by atoms with Crippen LogP contribution in [0.3, 0.4) is 0 Å². The van der Waals surface area contributed by atoms with Gasteiger partial charge in [-0.05, 0) is 13.8 Å². The summed E-state index contributed by atoms with van der Waals surface area (Å²) in [6.07, 6.45) is 4.63. The Morgan fingerprint density at radius 1 is 1.54 bits per heavy atom. The summed E-state index contributed by atoms with van der Waals surface area (Å²) in [5.74, 6) is 0.101. The van der Waals surface area contributed by atoms with Gasteiger partial charge in [0, 0.05) is 12.4 Å². The summed E-state index contributed by atoms with van der Waals surface area (Å²) in [7, 11) is 0. The summed E-state index contributed by atoms with van der Waals surface area (Å²) in [5, 5.41) is 2.87. The van der Waals surface area contributed by atoms with Crippen molar-refractivity contribution in [3.05, 3.63) is 18.6 Å². The molecule has 0 radical (unpaired) electrons. The van der Waals surface area contributed by atoms with Crippen LogP contribution >= 0.6 is 0 Å². The van der Waals surface area contributed by atoms with Crippen molar-refractivity contribution in [3.63, 3.8) is 0 Å². The SMILES string of the molecule is CC(C)(Nc1cnccn1)C(N)=O. The number of primary amides is 1. The van der Waals surface area contributed by atoms with E-state index in [4.69, 9.17) is 5.73 Å². The zero-order valence-electron chi connectivity index (χ0n) is 7.61. The predicted molar refractivity (Wildman–Crippen MR) is 48.9 cm³/mol. The third-order valence-corrected chi connectivity index (χ3v) is 1.62. The van der Waals surface area contributed by atoms with E-state index in [2.05, 4.69) is 15.3 Å². The van der Waals surface area contributed by atoms with Gasteiger partial charge in [0.25, 0.3) is 0 Å². The van der Waals surface area contributed by atoms with Crippen molar-refractivity contribution in [1.29, 1.82) is 0 Å². The minimum atomic E-state index is -0.809. The van der Waals surface area contributed by atoms with Crippen LogP contribution in [0, 0.1) is 0 Å². The maximum absolute atomic E-state index is 10.9. The normalized spacial score (nSPS) is 10.9. The van der Waals surface area contributed by atoms with Gasteiger partial charge in [-0.3, -0.25) is 9.78 Å². The highest BCUT2D eigenvalue weighted by Crippen LogP contribution is 2.09. The summed E-state index contributed by atoms with van der Waals surface area (Å²) in [5.41, 5.74) is 4.36. The van der Waals surface area contributed by atoms with Crippen LogP contribution in [0.25, 0.3) is 0 Å². The Balaban J connectivity index is 2.75. The molecule has 13 heavy (non-hydrogen) atoms. The molecule has 0 bridgehead atoms. The number of hydrogen-bond acceptors (Lipinski definition) is 4. The number of amides is 1. The van der Waals surface area contributed by atoms with Crippen LogP contribution in [0.4, 0.5) is 5.82 Å². The topological polar surface area (TPSA) is 80.9 Å². The average Bonchev–Trinajstić information content (AvgIpc) is 2.05. The standard InChI is InChI=1S/C8H12N4O/c1-8(2,7(9)13)12-6-5-10-3-4-11-6/h3-5H,1-2H3,(H2,9,13)(H,11,12). The molecule has 0 atom stereocenters. The van der Waals surface area contributed by atoms with Crippen molar-refractivity contribution >= 4 is 11.7 Å². The highest BCUT2D eigenvalue weighted by Gasteiger charge is 2.24. The second-order valence-electron chi connectivity index (χ2n) is 3.20. The molecule has 0 aliphatic rings. The summed E-state index contributed by atoms with van der Waals surface area (Å²) in [4.78, 5) is 18.8. The predicted octanol–water partition coefficient (Wildman–Crippen LogP) is 0.152. The lowest BCUT2D eigenvalue weighted by atomic mass is 10.1. The number of anilines is 1. The molecule has 0 saturated heterocycles. The Bertz CT molecular complexity index is 296. The first kappa shape index (κ1) is 9.44. The molecule has 0 saturated carbocycles. The summed E-state index contributed by atoms with van der Waals surface area (Å²) in [6, 6.07) is 0. The average molecular weight is 180 g/mol. The molecule has 1 rings (SSSR count). The number of nitrogens with two attached hydrogens (primary N) is 1. The van der Waals surface area contributed by atoms with Crippen molar-refractivity contribution in [3.8, 4) is 0 Å². The quantitative estimate of drug-likeness (QED) is 0.694. The number of carbonyl (C=O) groups is 1. The van der Waals surface area contributed by atoms with Gasteiger partial charge in [-0.25, -0.2) is 4.98 Å². The second-order valence-corrected chi connectivity index (χ2v) is 3.20. The van der Waals surface area contributed by atoms with Gasteiger partial charge in [-0.1, -0.05) is 0 Å². The molecule has 0 unspecified atom stereocenters. The van der Waals surface area contributed by atoms with Gasteiger partial charge >= 0.3 is 0 Å². The minimum Gasteiger partial charge on any atom is -0.368 e. The van der Waals surface area contributed by atoms with Crippen LogP contribution in [0.5, 0.6) is 0 Å². The van der Waals surface area contributed by atoms with E-state index in [9.17, 15) is 4.79 Å². The molecule has 1 heterocycles. The van der Waals surface area contributed by atoms with Gasteiger partial charge in [0.2, 0.25) is 5.91 Å². The molecule has 0 fully saturated rings. The van der Waals surface area contributed by atoms with Crippen LogP contribution in [-0.4, -0.2) is 21.4 Å². The maximum atomic E-state index is 10.9. The van der Waals surface area contributed by atoms with Crippen molar-refractivity contribution in [2.75, 3.05) is 5.32 Å². The van der Waals surface area contributed by atoms with Gasteiger partial charge in [0.1, 0.15) is 11.4 Å². The van der Waals surface area contributed by atoms with Gasteiger partial charge in [-0.15, -0.1) is 0 Å². The highest BCUT2D eigenvalue weighted by molar-refractivity contribution is 5.86. The first-order valence-corrected chi connectivity index (χ1v) is 3.86. The molecular weight excluding hydrogens is 168 g/mol. The lowest BCUT2D eigenvalue weighted by Gasteiger charge is -2.22. The molecule has 1 aromatic heterocycles. The van der Waals surface area contributed by atoms with E-state index >= 15 is 0 Å². The van der Waals surface area contributed by atoms with E-state index in [1.807, 2.05) is 0 Å². The number of rotatable bonds is 3. The van der Waals surface area contributed by atoms with E-state index in [0.717, 1.165) is 0 Å². The Kier molecular flexibility index (Phi) is 2.46. The number of nitrogens with zero attached hydrogens (tertiary/aromatic N) is 2. The smallest absolute Gasteiger partial charge is 0.242 e. The number of carbonyl (C=O) groups excluding carboxylic acids is 1. The fourth-order valence-corrected chi connectivity index (χ4v) is 0.745. The molecule has 1 aromatic rings. The first-order valence-electron chi connectivity index (χ1n) is 3.86. The molecule has 0 aliphatic carbocycles.